The van der Waals surface area contributed by atoms with E-state index in [1.165, 1.54) is 16.7 Å². The van der Waals surface area contributed by atoms with Crippen LogP contribution in [0.15, 0.2) is 41.7 Å². The molecule has 1 saturated heterocycles. The maximum absolute atomic E-state index is 4.48. The molecule has 1 aromatic heterocycles. The summed E-state index contributed by atoms with van der Waals surface area (Å²) >= 11 is 0. The zero-order valence-corrected chi connectivity index (χ0v) is 14.9. The van der Waals surface area contributed by atoms with Crippen molar-refractivity contribution in [3.8, 4) is 0 Å². The van der Waals surface area contributed by atoms with E-state index in [0.717, 1.165) is 38.4 Å². The number of guanidine groups is 1. The lowest BCUT2D eigenvalue weighted by molar-refractivity contribution is 0.485. The molecule has 1 unspecified atom stereocenters. The summed E-state index contributed by atoms with van der Waals surface area (Å²) in [5.41, 5.74) is 4.08. The van der Waals surface area contributed by atoms with Gasteiger partial charge < -0.3 is 10.2 Å². The Morgan fingerprint density at radius 1 is 1.33 bits per heavy atom. The molecule has 0 amide bonds. The number of rotatable bonds is 4. The highest BCUT2D eigenvalue weighted by molar-refractivity contribution is 5.80. The van der Waals surface area contributed by atoms with Gasteiger partial charge in [0, 0.05) is 45.8 Å². The fourth-order valence-corrected chi connectivity index (χ4v) is 3.46. The second kappa shape index (κ2) is 7.51. The molecule has 3 rings (SSSR count). The van der Waals surface area contributed by atoms with Gasteiger partial charge in [-0.2, -0.15) is 5.10 Å². The molecule has 1 fully saturated rings. The van der Waals surface area contributed by atoms with E-state index in [2.05, 4.69) is 57.7 Å². The van der Waals surface area contributed by atoms with E-state index >= 15 is 0 Å². The molecule has 2 aromatic rings. The molecule has 2 heterocycles. The summed E-state index contributed by atoms with van der Waals surface area (Å²) in [6.07, 6.45) is 6.32. The van der Waals surface area contributed by atoms with E-state index < -0.39 is 0 Å². The molecule has 24 heavy (non-hydrogen) atoms. The predicted molar refractivity (Wildman–Crippen MR) is 98.2 cm³/mol. The first-order valence-electron chi connectivity index (χ1n) is 8.72. The number of likely N-dealkylation sites (tertiary alicyclic amines) is 1. The molecule has 5 nitrogen and oxygen atoms in total. The van der Waals surface area contributed by atoms with Crippen LogP contribution in [0.25, 0.3) is 0 Å². The number of nitrogens with zero attached hydrogens (tertiary/aromatic N) is 4. The third kappa shape index (κ3) is 3.61. The average molecular weight is 325 g/mol. The number of nitrogens with one attached hydrogen (secondary N) is 1. The van der Waals surface area contributed by atoms with E-state index in [0.29, 0.717) is 5.92 Å². The van der Waals surface area contributed by atoms with Crippen molar-refractivity contribution in [3.05, 3.63) is 53.3 Å². The van der Waals surface area contributed by atoms with Crippen LogP contribution in [0, 0.1) is 0 Å². The molecule has 128 valence electrons. The highest BCUT2D eigenvalue weighted by atomic mass is 15.3. The van der Waals surface area contributed by atoms with E-state index in [1.807, 2.05) is 25.0 Å². The quantitative estimate of drug-likeness (QED) is 0.694. The highest BCUT2D eigenvalue weighted by Gasteiger charge is 2.26. The van der Waals surface area contributed by atoms with Crippen LogP contribution in [0.2, 0.25) is 0 Å². The first kappa shape index (κ1) is 16.6. The summed E-state index contributed by atoms with van der Waals surface area (Å²) in [5, 5.41) is 7.83. The molecule has 0 saturated carbocycles. The minimum Gasteiger partial charge on any atom is -0.352 e. The van der Waals surface area contributed by atoms with Crippen molar-refractivity contribution in [3.63, 3.8) is 0 Å². The predicted octanol–water partition coefficient (Wildman–Crippen LogP) is 2.55. The third-order valence-corrected chi connectivity index (χ3v) is 4.83. The topological polar surface area (TPSA) is 45.5 Å². The molecule has 0 aliphatic carbocycles. The maximum Gasteiger partial charge on any atom is 0.193 e. The van der Waals surface area contributed by atoms with E-state index in [1.54, 1.807) is 0 Å². The van der Waals surface area contributed by atoms with Crippen molar-refractivity contribution in [2.24, 2.45) is 12.0 Å². The summed E-state index contributed by atoms with van der Waals surface area (Å²) in [5.74, 6) is 1.53. The average Bonchev–Trinajstić information content (AvgIpc) is 3.25. The number of hydrogen-bond donors (Lipinski definition) is 1. The van der Waals surface area contributed by atoms with Gasteiger partial charge >= 0.3 is 0 Å². The standard InChI is InChI=1S/C19H27N5/c1-4-15-7-5-6-8-16(15)11-21-19(20-2)24-10-9-17(14-24)18-12-22-23(3)13-18/h5-8,12-13,17H,4,9-11,14H2,1-3H3,(H,20,21). The van der Waals surface area contributed by atoms with Gasteiger partial charge in [0.1, 0.15) is 0 Å². The molecule has 0 radical (unpaired) electrons. The van der Waals surface area contributed by atoms with Crippen molar-refractivity contribution in [1.82, 2.24) is 20.0 Å². The highest BCUT2D eigenvalue weighted by Crippen LogP contribution is 2.26. The summed E-state index contributed by atoms with van der Waals surface area (Å²) in [4.78, 5) is 6.84. The Hall–Kier alpha value is -2.30. The van der Waals surface area contributed by atoms with Crippen LogP contribution in [-0.2, 0) is 20.0 Å². The Morgan fingerprint density at radius 2 is 2.12 bits per heavy atom. The van der Waals surface area contributed by atoms with Gasteiger partial charge in [0.25, 0.3) is 0 Å². The first-order chi connectivity index (χ1) is 11.7. The summed E-state index contributed by atoms with van der Waals surface area (Å²) < 4.78 is 1.88. The summed E-state index contributed by atoms with van der Waals surface area (Å²) in [7, 11) is 3.84. The number of aryl methyl sites for hydroxylation is 2. The smallest absolute Gasteiger partial charge is 0.193 e. The van der Waals surface area contributed by atoms with Crippen molar-refractivity contribution in [1.29, 1.82) is 0 Å². The Morgan fingerprint density at radius 3 is 2.79 bits per heavy atom. The van der Waals surface area contributed by atoms with Crippen molar-refractivity contribution >= 4 is 5.96 Å². The fourth-order valence-electron chi connectivity index (χ4n) is 3.46. The monoisotopic (exact) mass is 325 g/mol. The van der Waals surface area contributed by atoms with Crippen molar-refractivity contribution < 1.29 is 0 Å². The zero-order valence-electron chi connectivity index (χ0n) is 14.9. The Balaban J connectivity index is 1.61. The molecule has 1 aromatic carbocycles. The molecular formula is C19H27N5. The second-order valence-corrected chi connectivity index (χ2v) is 6.40. The van der Waals surface area contributed by atoms with Gasteiger partial charge in [0.05, 0.1) is 6.20 Å². The minimum absolute atomic E-state index is 0.542. The number of hydrogen-bond acceptors (Lipinski definition) is 2. The molecule has 1 aliphatic heterocycles. The Bertz CT molecular complexity index is 703. The molecule has 1 aliphatic rings. The lowest BCUT2D eigenvalue weighted by Gasteiger charge is -2.22. The number of benzene rings is 1. The summed E-state index contributed by atoms with van der Waals surface area (Å²) in [6, 6.07) is 8.61. The Kier molecular flexibility index (Phi) is 5.18. The third-order valence-electron chi connectivity index (χ3n) is 4.83. The molecule has 5 heteroatoms. The molecule has 1 N–H and O–H groups in total. The SMILES string of the molecule is CCc1ccccc1CNC(=NC)N1CCC(c2cnn(C)c2)C1. The van der Waals surface area contributed by atoms with E-state index in [4.69, 9.17) is 0 Å². The maximum atomic E-state index is 4.48. The van der Waals surface area contributed by atoms with Gasteiger partial charge in [-0.05, 0) is 29.5 Å². The molecule has 1 atom stereocenters. The van der Waals surface area contributed by atoms with Crippen LogP contribution in [0.3, 0.4) is 0 Å². The van der Waals surface area contributed by atoms with Crippen LogP contribution in [0.5, 0.6) is 0 Å². The van der Waals surface area contributed by atoms with Crippen LogP contribution in [-0.4, -0.2) is 40.8 Å². The lowest BCUT2D eigenvalue weighted by Crippen LogP contribution is -2.39. The second-order valence-electron chi connectivity index (χ2n) is 6.40. The van der Waals surface area contributed by atoms with Gasteiger partial charge in [-0.1, -0.05) is 31.2 Å². The van der Waals surface area contributed by atoms with Gasteiger partial charge in [-0.3, -0.25) is 9.67 Å². The van der Waals surface area contributed by atoms with Gasteiger partial charge in [0.15, 0.2) is 5.96 Å². The molecule has 0 bridgehead atoms. The lowest BCUT2D eigenvalue weighted by atomic mass is 10.0. The van der Waals surface area contributed by atoms with E-state index in [-0.39, 0.29) is 0 Å². The van der Waals surface area contributed by atoms with E-state index in [9.17, 15) is 0 Å². The van der Waals surface area contributed by atoms with Gasteiger partial charge in [-0.15, -0.1) is 0 Å². The summed E-state index contributed by atoms with van der Waals surface area (Å²) in [6.45, 7) is 5.06. The zero-order chi connectivity index (χ0) is 16.9. The Labute approximate surface area is 144 Å². The van der Waals surface area contributed by atoms with Crippen LogP contribution in [0.1, 0.15) is 36.0 Å². The van der Waals surface area contributed by atoms with Crippen LogP contribution in [0.4, 0.5) is 0 Å². The van der Waals surface area contributed by atoms with Crippen LogP contribution < -0.4 is 5.32 Å². The van der Waals surface area contributed by atoms with Crippen LogP contribution >= 0.6 is 0 Å². The van der Waals surface area contributed by atoms with Gasteiger partial charge in [-0.25, -0.2) is 0 Å². The molecule has 0 spiro atoms. The van der Waals surface area contributed by atoms with Gasteiger partial charge in [0.2, 0.25) is 0 Å². The first-order valence-corrected chi connectivity index (χ1v) is 8.72. The largest absolute Gasteiger partial charge is 0.352 e. The number of aromatic nitrogens is 2. The molecular weight excluding hydrogens is 298 g/mol. The minimum atomic E-state index is 0.542. The van der Waals surface area contributed by atoms with Crippen molar-refractivity contribution in [2.45, 2.75) is 32.2 Å². The number of aliphatic imine (C=N–C) groups is 1. The van der Waals surface area contributed by atoms with Crippen molar-refractivity contribution in [2.75, 3.05) is 20.1 Å². The normalized spacial score (nSPS) is 18.2. The fraction of sp³-hybridized carbons (Fsp3) is 0.474.